The molecule has 0 radical (unpaired) electrons. The molecule has 0 saturated heterocycles. The number of ether oxygens (including phenoxy) is 1. The fourth-order valence-corrected chi connectivity index (χ4v) is 0.539. The molecule has 0 bridgehead atoms. The van der Waals surface area contributed by atoms with Crippen molar-refractivity contribution in [1.29, 1.82) is 0 Å². The zero-order valence-corrected chi connectivity index (χ0v) is 6.70. The van der Waals surface area contributed by atoms with Crippen LogP contribution in [0.25, 0.3) is 0 Å². The Labute approximate surface area is 61.3 Å². The van der Waals surface area contributed by atoms with Crippen molar-refractivity contribution in [2.75, 3.05) is 6.61 Å². The molecule has 0 aliphatic rings. The molecule has 0 aromatic carbocycles. The third-order valence-corrected chi connectivity index (χ3v) is 1.63. The lowest BCUT2D eigenvalue weighted by Crippen LogP contribution is -2.11. The van der Waals surface area contributed by atoms with Crippen LogP contribution in [0.3, 0.4) is 0 Å². The van der Waals surface area contributed by atoms with Crippen molar-refractivity contribution < 1.29 is 9.53 Å². The van der Waals surface area contributed by atoms with Crippen molar-refractivity contribution in [2.24, 2.45) is 0 Å². The normalized spacial score (nSPS) is 13.4. The minimum absolute atomic E-state index is 0.481. The van der Waals surface area contributed by atoms with Gasteiger partial charge < -0.3 is 4.74 Å². The summed E-state index contributed by atoms with van der Waals surface area (Å²) in [5.74, 6) is 0. The molecule has 0 amide bonds. The van der Waals surface area contributed by atoms with Crippen LogP contribution >= 0.6 is 27.5 Å². The van der Waals surface area contributed by atoms with Crippen LogP contribution in [0.4, 0.5) is 0 Å². The van der Waals surface area contributed by atoms with E-state index in [1.54, 1.807) is 6.92 Å². The standard InChI is InChI=1S/C4H6BrClO2/c1-2-8-3(5)4(6)7/h3H,2H2,1H3. The first-order valence-electron chi connectivity index (χ1n) is 2.13. The average Bonchev–Trinajstić information content (AvgIpc) is 1.67. The molecule has 0 rings (SSSR count). The number of carbonyl (C=O) groups excluding carboxylic acids is 1. The van der Waals surface area contributed by atoms with Crippen LogP contribution in [0.1, 0.15) is 6.92 Å². The average molecular weight is 201 g/mol. The van der Waals surface area contributed by atoms with Crippen LogP contribution < -0.4 is 0 Å². The summed E-state index contributed by atoms with van der Waals surface area (Å²) >= 11 is 7.89. The Hall–Kier alpha value is 0.400. The van der Waals surface area contributed by atoms with E-state index in [0.29, 0.717) is 6.61 Å². The Morgan fingerprint density at radius 2 is 2.50 bits per heavy atom. The lowest BCUT2D eigenvalue weighted by molar-refractivity contribution is -0.117. The van der Waals surface area contributed by atoms with Gasteiger partial charge in [0.15, 0.2) is 5.01 Å². The molecule has 1 atom stereocenters. The number of rotatable bonds is 3. The highest BCUT2D eigenvalue weighted by atomic mass is 79.9. The molecule has 0 aliphatic carbocycles. The molecule has 2 nitrogen and oxygen atoms in total. The van der Waals surface area contributed by atoms with Gasteiger partial charge in [0.1, 0.15) is 0 Å². The molecule has 0 aliphatic heterocycles. The number of alkyl halides is 1. The summed E-state index contributed by atoms with van der Waals surface area (Å²) in [5, 5.41) is -1.17. The second-order valence-electron chi connectivity index (χ2n) is 1.08. The maximum atomic E-state index is 10.1. The van der Waals surface area contributed by atoms with E-state index in [1.165, 1.54) is 0 Å². The van der Waals surface area contributed by atoms with Crippen molar-refractivity contribution in [2.45, 2.75) is 11.9 Å². The van der Waals surface area contributed by atoms with Gasteiger partial charge in [-0.3, -0.25) is 4.79 Å². The monoisotopic (exact) mass is 200 g/mol. The minimum atomic E-state index is -0.644. The SMILES string of the molecule is CCOC(Br)C(=O)Cl. The van der Waals surface area contributed by atoms with Gasteiger partial charge in [-0.05, 0) is 34.5 Å². The molecule has 0 saturated carbocycles. The van der Waals surface area contributed by atoms with Crippen molar-refractivity contribution in [3.8, 4) is 0 Å². The highest BCUT2D eigenvalue weighted by Gasteiger charge is 2.09. The number of hydrogen-bond acceptors (Lipinski definition) is 2. The van der Waals surface area contributed by atoms with Crippen LogP contribution in [0.2, 0.25) is 0 Å². The zero-order valence-electron chi connectivity index (χ0n) is 4.36. The van der Waals surface area contributed by atoms with Crippen LogP contribution in [0.5, 0.6) is 0 Å². The van der Waals surface area contributed by atoms with Gasteiger partial charge in [0.2, 0.25) is 0 Å². The first-order chi connectivity index (χ1) is 3.68. The van der Waals surface area contributed by atoms with Crippen LogP contribution in [-0.4, -0.2) is 16.9 Å². The molecular formula is C4H6BrClO2. The Kier molecular flexibility index (Phi) is 4.51. The second kappa shape index (κ2) is 4.30. The van der Waals surface area contributed by atoms with E-state index in [4.69, 9.17) is 16.3 Å². The first kappa shape index (κ1) is 8.40. The van der Waals surface area contributed by atoms with E-state index in [0.717, 1.165) is 0 Å². The molecule has 0 aromatic heterocycles. The molecule has 4 heteroatoms. The van der Waals surface area contributed by atoms with E-state index in [9.17, 15) is 4.79 Å². The minimum Gasteiger partial charge on any atom is -0.358 e. The van der Waals surface area contributed by atoms with Crippen LogP contribution in [0.15, 0.2) is 0 Å². The van der Waals surface area contributed by atoms with Gasteiger partial charge in [-0.2, -0.15) is 0 Å². The van der Waals surface area contributed by atoms with Gasteiger partial charge in [0.05, 0.1) is 0 Å². The molecule has 1 unspecified atom stereocenters. The van der Waals surface area contributed by atoms with Gasteiger partial charge in [-0.15, -0.1) is 0 Å². The molecule has 8 heavy (non-hydrogen) atoms. The predicted octanol–water partition coefficient (Wildman–Crippen LogP) is 1.51. The third kappa shape index (κ3) is 3.41. The molecule has 0 N–H and O–H groups in total. The van der Waals surface area contributed by atoms with Crippen molar-refractivity contribution in [3.63, 3.8) is 0 Å². The maximum absolute atomic E-state index is 10.1. The summed E-state index contributed by atoms with van der Waals surface area (Å²) in [4.78, 5) is 10.1. The lowest BCUT2D eigenvalue weighted by atomic mass is 10.8. The molecular weight excluding hydrogens is 195 g/mol. The Morgan fingerprint density at radius 1 is 2.00 bits per heavy atom. The molecule has 0 fully saturated rings. The van der Waals surface area contributed by atoms with Gasteiger partial charge in [-0.25, -0.2) is 0 Å². The molecule has 0 spiro atoms. The Bertz CT molecular complexity index is 86.1. The predicted molar refractivity (Wildman–Crippen MR) is 35.2 cm³/mol. The highest BCUT2D eigenvalue weighted by Crippen LogP contribution is 2.04. The summed E-state index contributed by atoms with van der Waals surface area (Å²) in [7, 11) is 0. The topological polar surface area (TPSA) is 26.3 Å². The largest absolute Gasteiger partial charge is 0.358 e. The zero-order chi connectivity index (χ0) is 6.57. The number of carbonyl (C=O) groups is 1. The van der Waals surface area contributed by atoms with Crippen LogP contribution in [0, 0.1) is 0 Å². The quantitative estimate of drug-likeness (QED) is 0.511. The van der Waals surface area contributed by atoms with E-state index in [1.807, 2.05) is 0 Å². The number of hydrogen-bond donors (Lipinski definition) is 0. The van der Waals surface area contributed by atoms with Gasteiger partial charge in [0.25, 0.3) is 5.24 Å². The van der Waals surface area contributed by atoms with E-state index in [-0.39, 0.29) is 0 Å². The summed E-state index contributed by atoms with van der Waals surface area (Å²) in [5.41, 5.74) is 0. The van der Waals surface area contributed by atoms with Gasteiger partial charge >= 0.3 is 0 Å². The van der Waals surface area contributed by atoms with Crippen molar-refractivity contribution in [1.82, 2.24) is 0 Å². The van der Waals surface area contributed by atoms with E-state index >= 15 is 0 Å². The summed E-state index contributed by atoms with van der Waals surface area (Å²) in [6.45, 7) is 2.27. The first-order valence-corrected chi connectivity index (χ1v) is 3.43. The van der Waals surface area contributed by atoms with E-state index in [2.05, 4.69) is 15.9 Å². The maximum Gasteiger partial charge on any atom is 0.261 e. The van der Waals surface area contributed by atoms with Gasteiger partial charge in [-0.1, -0.05) is 0 Å². The smallest absolute Gasteiger partial charge is 0.261 e. The Morgan fingerprint density at radius 3 is 2.62 bits per heavy atom. The highest BCUT2D eigenvalue weighted by molar-refractivity contribution is 9.09. The Balaban J connectivity index is 3.32. The molecule has 0 heterocycles. The fourth-order valence-electron chi connectivity index (χ4n) is 0.212. The number of halogens is 2. The summed E-state index contributed by atoms with van der Waals surface area (Å²) in [6, 6.07) is 0. The van der Waals surface area contributed by atoms with Crippen LogP contribution in [-0.2, 0) is 9.53 Å². The second-order valence-corrected chi connectivity index (χ2v) is 2.28. The van der Waals surface area contributed by atoms with Crippen molar-refractivity contribution in [3.05, 3.63) is 0 Å². The van der Waals surface area contributed by atoms with Gasteiger partial charge in [0, 0.05) is 6.61 Å². The molecule has 0 aromatic rings. The lowest BCUT2D eigenvalue weighted by Gasteiger charge is -2.01. The van der Waals surface area contributed by atoms with E-state index < -0.39 is 10.3 Å². The summed E-state index contributed by atoms with van der Waals surface area (Å²) in [6.07, 6.45) is 0. The fraction of sp³-hybridized carbons (Fsp3) is 0.750. The van der Waals surface area contributed by atoms with Crippen molar-refractivity contribution >= 4 is 32.8 Å². The third-order valence-electron chi connectivity index (χ3n) is 0.491. The molecule has 48 valence electrons. The summed E-state index contributed by atoms with van der Waals surface area (Å²) < 4.78 is 4.74.